The number of anilines is 1. The largest absolute Gasteiger partial charge is 0.355 e. The Hall–Kier alpha value is -0.590. The van der Waals surface area contributed by atoms with Gasteiger partial charge in [-0.25, -0.2) is 18.4 Å². The molecule has 0 aromatic carbocycles. The van der Waals surface area contributed by atoms with E-state index in [2.05, 4.69) is 9.97 Å². The third-order valence-electron chi connectivity index (χ3n) is 3.09. The maximum Gasteiger partial charge on any atom is 0.152 e. The molecule has 1 saturated heterocycles. The molecule has 1 aromatic heterocycles. The highest BCUT2D eigenvalue weighted by atomic mass is 35.5. The molecule has 1 unspecified atom stereocenters. The minimum atomic E-state index is -2.93. The van der Waals surface area contributed by atoms with Gasteiger partial charge in [0.25, 0.3) is 0 Å². The molecule has 0 spiro atoms. The van der Waals surface area contributed by atoms with E-state index < -0.39 is 9.84 Å². The molecule has 0 saturated carbocycles. The number of nitrogens with zero attached hydrogens (tertiary/aromatic N) is 3. The van der Waals surface area contributed by atoms with E-state index in [1.165, 1.54) is 6.33 Å². The summed E-state index contributed by atoms with van der Waals surface area (Å²) >= 11 is 11.8. The van der Waals surface area contributed by atoms with Crippen LogP contribution in [-0.2, 0) is 15.7 Å². The number of aromatic nitrogens is 2. The van der Waals surface area contributed by atoms with Gasteiger partial charge in [0.1, 0.15) is 17.3 Å². The van der Waals surface area contributed by atoms with Crippen molar-refractivity contribution < 1.29 is 8.42 Å². The molecule has 8 heteroatoms. The van der Waals surface area contributed by atoms with Crippen LogP contribution < -0.4 is 4.90 Å². The second-order valence-corrected chi connectivity index (χ2v) is 7.12. The molecule has 1 fully saturated rings. The average Bonchev–Trinajstić information content (AvgIpc) is 2.68. The molecular formula is C10H13Cl2N3O2S. The monoisotopic (exact) mass is 309 g/mol. The number of hydrogen-bond donors (Lipinski definition) is 0. The zero-order chi connectivity index (χ0) is 13.3. The summed E-state index contributed by atoms with van der Waals surface area (Å²) in [5.41, 5.74) is 0.632. The molecule has 5 nitrogen and oxygen atoms in total. The van der Waals surface area contributed by atoms with Crippen molar-refractivity contribution >= 4 is 38.9 Å². The van der Waals surface area contributed by atoms with Gasteiger partial charge in [-0.1, -0.05) is 11.6 Å². The maximum atomic E-state index is 11.5. The first-order valence-electron chi connectivity index (χ1n) is 5.43. The molecule has 1 aliphatic heterocycles. The Labute approximate surface area is 116 Å². The smallest absolute Gasteiger partial charge is 0.152 e. The average molecular weight is 310 g/mol. The number of rotatable bonds is 3. The van der Waals surface area contributed by atoms with Gasteiger partial charge < -0.3 is 4.90 Å². The minimum absolute atomic E-state index is 0.0806. The van der Waals surface area contributed by atoms with Crippen molar-refractivity contribution in [3.63, 3.8) is 0 Å². The Kier molecular flexibility index (Phi) is 3.99. The van der Waals surface area contributed by atoms with Crippen molar-refractivity contribution in [3.8, 4) is 0 Å². The van der Waals surface area contributed by atoms with Crippen LogP contribution in [0.5, 0.6) is 0 Å². The molecule has 0 amide bonds. The van der Waals surface area contributed by atoms with Gasteiger partial charge >= 0.3 is 0 Å². The van der Waals surface area contributed by atoms with Gasteiger partial charge in [0.2, 0.25) is 0 Å². The van der Waals surface area contributed by atoms with Gasteiger partial charge in [0.05, 0.1) is 17.4 Å². The van der Waals surface area contributed by atoms with E-state index >= 15 is 0 Å². The molecule has 18 heavy (non-hydrogen) atoms. The van der Waals surface area contributed by atoms with Gasteiger partial charge in [-0.3, -0.25) is 0 Å². The van der Waals surface area contributed by atoms with E-state index in [9.17, 15) is 8.42 Å². The standard InChI is InChI=1S/C10H13Cl2N3O2S/c1-15(7-2-3-18(16,17)5-7)10-8(4-11)9(12)13-6-14-10/h6-7H,2-5H2,1H3. The Bertz CT molecular complexity index is 550. The summed E-state index contributed by atoms with van der Waals surface area (Å²) in [6, 6.07) is -0.0806. The number of hydrogen-bond acceptors (Lipinski definition) is 5. The van der Waals surface area contributed by atoms with Crippen LogP contribution in [0, 0.1) is 0 Å². The predicted octanol–water partition coefficient (Wildman–Crippen LogP) is 1.49. The van der Waals surface area contributed by atoms with Crippen molar-refractivity contribution in [2.45, 2.75) is 18.3 Å². The van der Waals surface area contributed by atoms with Crippen molar-refractivity contribution in [1.82, 2.24) is 9.97 Å². The van der Waals surface area contributed by atoms with E-state index in [0.29, 0.717) is 23.0 Å². The van der Waals surface area contributed by atoms with Crippen molar-refractivity contribution in [2.75, 3.05) is 23.5 Å². The number of halogens is 2. The molecule has 2 heterocycles. The SMILES string of the molecule is CN(c1ncnc(Cl)c1CCl)C1CCS(=O)(=O)C1. The second kappa shape index (κ2) is 5.19. The van der Waals surface area contributed by atoms with Crippen LogP contribution in [0.3, 0.4) is 0 Å². The van der Waals surface area contributed by atoms with E-state index in [-0.39, 0.29) is 23.4 Å². The summed E-state index contributed by atoms with van der Waals surface area (Å²) in [4.78, 5) is 9.86. The maximum absolute atomic E-state index is 11.5. The summed E-state index contributed by atoms with van der Waals surface area (Å²) in [6.45, 7) is 0. The van der Waals surface area contributed by atoms with Gasteiger partial charge in [-0.05, 0) is 6.42 Å². The molecule has 0 bridgehead atoms. The highest BCUT2D eigenvalue weighted by molar-refractivity contribution is 7.91. The molecule has 1 aromatic rings. The normalized spacial score (nSPS) is 22.1. The molecule has 0 aliphatic carbocycles. The zero-order valence-electron chi connectivity index (χ0n) is 9.81. The Morgan fingerprint density at radius 2 is 2.22 bits per heavy atom. The van der Waals surface area contributed by atoms with Crippen LogP contribution in [0.4, 0.5) is 5.82 Å². The fraction of sp³-hybridized carbons (Fsp3) is 0.600. The highest BCUT2D eigenvalue weighted by Crippen LogP contribution is 2.28. The fourth-order valence-corrected chi connectivity index (χ4v) is 4.34. The van der Waals surface area contributed by atoms with Crippen molar-refractivity contribution in [2.24, 2.45) is 0 Å². The first kappa shape index (κ1) is 13.8. The molecule has 0 radical (unpaired) electrons. The fourth-order valence-electron chi connectivity index (χ4n) is 2.05. The zero-order valence-corrected chi connectivity index (χ0v) is 12.1. The Morgan fingerprint density at radius 1 is 1.50 bits per heavy atom. The van der Waals surface area contributed by atoms with Crippen LogP contribution >= 0.6 is 23.2 Å². The first-order valence-corrected chi connectivity index (χ1v) is 8.16. The third-order valence-corrected chi connectivity index (χ3v) is 5.44. The summed E-state index contributed by atoms with van der Waals surface area (Å²) < 4.78 is 23.0. The van der Waals surface area contributed by atoms with Crippen molar-refractivity contribution in [3.05, 3.63) is 17.0 Å². The number of alkyl halides is 1. The van der Waals surface area contributed by atoms with Crippen LogP contribution in [0.1, 0.15) is 12.0 Å². The van der Waals surface area contributed by atoms with E-state index in [0.717, 1.165) is 0 Å². The second-order valence-electron chi connectivity index (χ2n) is 4.27. The van der Waals surface area contributed by atoms with Crippen LogP contribution in [-0.4, -0.2) is 43.0 Å². The molecule has 1 aliphatic rings. The summed E-state index contributed by atoms with van der Waals surface area (Å²) in [5.74, 6) is 1.16. The van der Waals surface area contributed by atoms with Crippen LogP contribution in [0.2, 0.25) is 5.15 Å². The lowest BCUT2D eigenvalue weighted by Crippen LogP contribution is -2.34. The Balaban J connectivity index is 2.29. The summed E-state index contributed by atoms with van der Waals surface area (Å²) in [7, 11) is -1.12. The van der Waals surface area contributed by atoms with E-state index in [1.807, 2.05) is 4.90 Å². The van der Waals surface area contributed by atoms with E-state index in [4.69, 9.17) is 23.2 Å². The molecular weight excluding hydrogens is 297 g/mol. The summed E-state index contributed by atoms with van der Waals surface area (Å²) in [6.07, 6.45) is 1.95. The van der Waals surface area contributed by atoms with Gasteiger partial charge in [0.15, 0.2) is 9.84 Å². The predicted molar refractivity (Wildman–Crippen MR) is 72.1 cm³/mol. The van der Waals surface area contributed by atoms with Crippen LogP contribution in [0.15, 0.2) is 6.33 Å². The van der Waals surface area contributed by atoms with Gasteiger partial charge in [0, 0.05) is 18.7 Å². The lowest BCUT2D eigenvalue weighted by atomic mass is 10.2. The molecule has 0 N–H and O–H groups in total. The lowest BCUT2D eigenvalue weighted by molar-refractivity contribution is 0.600. The lowest BCUT2D eigenvalue weighted by Gasteiger charge is -2.26. The topological polar surface area (TPSA) is 63.2 Å². The van der Waals surface area contributed by atoms with Gasteiger partial charge in [-0.15, -0.1) is 11.6 Å². The highest BCUT2D eigenvalue weighted by Gasteiger charge is 2.32. The molecule has 1 atom stereocenters. The third kappa shape index (κ3) is 2.70. The van der Waals surface area contributed by atoms with Crippen molar-refractivity contribution in [1.29, 1.82) is 0 Å². The molecule has 100 valence electrons. The number of sulfone groups is 1. The van der Waals surface area contributed by atoms with Gasteiger partial charge in [-0.2, -0.15) is 0 Å². The van der Waals surface area contributed by atoms with Crippen LogP contribution in [0.25, 0.3) is 0 Å². The molecule has 2 rings (SSSR count). The Morgan fingerprint density at radius 3 is 2.78 bits per heavy atom. The first-order chi connectivity index (χ1) is 8.44. The summed E-state index contributed by atoms with van der Waals surface area (Å²) in [5, 5.41) is 0.308. The quantitative estimate of drug-likeness (QED) is 0.625. The van der Waals surface area contributed by atoms with E-state index in [1.54, 1.807) is 7.05 Å². The minimum Gasteiger partial charge on any atom is -0.355 e.